The quantitative estimate of drug-likeness (QED) is 0.877. The first-order valence-electron chi connectivity index (χ1n) is 8.02. The highest BCUT2D eigenvalue weighted by molar-refractivity contribution is 5.74. The van der Waals surface area contributed by atoms with Crippen molar-refractivity contribution in [2.45, 2.75) is 77.7 Å². The number of aromatic amines is 1. The molecular weight excluding hydrogens is 266 g/mol. The summed E-state index contributed by atoms with van der Waals surface area (Å²) < 4.78 is 6.39. The maximum atomic E-state index is 12.2. The van der Waals surface area contributed by atoms with E-state index in [1.54, 1.807) is 13.3 Å². The Balaban J connectivity index is 2.33. The fraction of sp³-hybridized carbons (Fsp3) is 0.750. The minimum Gasteiger partial charge on any atom is -0.351 e. The summed E-state index contributed by atoms with van der Waals surface area (Å²) in [6.45, 7) is 8.06. The van der Waals surface area contributed by atoms with E-state index in [1.165, 1.54) is 0 Å². The van der Waals surface area contributed by atoms with Crippen molar-refractivity contribution in [1.29, 1.82) is 0 Å². The molecule has 5 nitrogen and oxygen atoms in total. The summed E-state index contributed by atoms with van der Waals surface area (Å²) in [5, 5.41) is 0. The minimum atomic E-state index is -0.259. The highest BCUT2D eigenvalue weighted by Crippen LogP contribution is 2.40. The lowest BCUT2D eigenvalue weighted by atomic mass is 9.85. The molecule has 1 aliphatic rings. The molecule has 0 bridgehead atoms. The number of nitrogens with zero attached hydrogens (tertiary/aromatic N) is 2. The summed E-state index contributed by atoms with van der Waals surface area (Å²) in [5.74, 6) is 0.0951. The van der Waals surface area contributed by atoms with Crippen LogP contribution < -0.4 is 0 Å². The van der Waals surface area contributed by atoms with Crippen LogP contribution in [-0.4, -0.2) is 38.6 Å². The van der Waals surface area contributed by atoms with E-state index >= 15 is 0 Å². The summed E-state index contributed by atoms with van der Waals surface area (Å²) in [6, 6.07) is 0.0600. The van der Waals surface area contributed by atoms with Gasteiger partial charge in [0.25, 0.3) is 0 Å². The summed E-state index contributed by atoms with van der Waals surface area (Å²) in [5.41, 5.74) is 0.725. The van der Waals surface area contributed by atoms with Crippen molar-refractivity contribution in [1.82, 2.24) is 14.9 Å². The lowest BCUT2D eigenvalue weighted by molar-refractivity contribution is -0.136. The van der Waals surface area contributed by atoms with Gasteiger partial charge in [0.2, 0.25) is 5.91 Å². The van der Waals surface area contributed by atoms with Crippen molar-refractivity contribution in [2.75, 3.05) is 0 Å². The van der Waals surface area contributed by atoms with Gasteiger partial charge in [0.15, 0.2) is 0 Å². The monoisotopic (exact) mass is 293 g/mol. The summed E-state index contributed by atoms with van der Waals surface area (Å²) in [4.78, 5) is 21.5. The van der Waals surface area contributed by atoms with Gasteiger partial charge in [0, 0.05) is 19.5 Å². The molecule has 118 valence electrons. The molecule has 0 spiro atoms. The van der Waals surface area contributed by atoms with Crippen LogP contribution in [0.25, 0.3) is 0 Å². The SMILES string of the molecule is CCC[C@@H]1OC(CC)(CC)[C@H](Cc2c[nH]cn2)N1C(C)=O. The lowest BCUT2D eigenvalue weighted by Gasteiger charge is -2.34. The second-order valence-electron chi connectivity index (χ2n) is 5.84. The van der Waals surface area contributed by atoms with Gasteiger partial charge in [-0.1, -0.05) is 27.2 Å². The Labute approximate surface area is 127 Å². The van der Waals surface area contributed by atoms with Gasteiger partial charge in [0.05, 0.1) is 23.7 Å². The maximum absolute atomic E-state index is 12.2. The second kappa shape index (κ2) is 6.60. The van der Waals surface area contributed by atoms with Crippen LogP contribution in [-0.2, 0) is 16.0 Å². The van der Waals surface area contributed by atoms with Crippen LogP contribution >= 0.6 is 0 Å². The molecule has 2 atom stereocenters. The van der Waals surface area contributed by atoms with Crippen LogP contribution in [0.15, 0.2) is 12.5 Å². The summed E-state index contributed by atoms with van der Waals surface area (Å²) in [7, 11) is 0. The number of aromatic nitrogens is 2. The maximum Gasteiger partial charge on any atom is 0.221 e. The van der Waals surface area contributed by atoms with E-state index in [-0.39, 0.29) is 23.8 Å². The van der Waals surface area contributed by atoms with Crippen LogP contribution in [0, 0.1) is 0 Å². The first kappa shape index (κ1) is 16.0. The number of H-pyrrole nitrogens is 1. The molecule has 1 amide bonds. The molecule has 1 aromatic rings. The second-order valence-corrected chi connectivity index (χ2v) is 5.84. The van der Waals surface area contributed by atoms with Crippen molar-refractivity contribution in [3.8, 4) is 0 Å². The molecule has 0 saturated carbocycles. The molecule has 0 aliphatic carbocycles. The van der Waals surface area contributed by atoms with E-state index in [4.69, 9.17) is 4.74 Å². The predicted molar refractivity (Wildman–Crippen MR) is 81.7 cm³/mol. The molecule has 2 heterocycles. The molecule has 1 saturated heterocycles. The molecule has 1 aromatic heterocycles. The predicted octanol–water partition coefficient (Wildman–Crippen LogP) is 2.88. The zero-order valence-electron chi connectivity index (χ0n) is 13.6. The molecule has 1 fully saturated rings. The van der Waals surface area contributed by atoms with E-state index in [1.807, 2.05) is 11.1 Å². The summed E-state index contributed by atoms with van der Waals surface area (Å²) in [6.07, 6.45) is 7.94. The molecular formula is C16H27N3O2. The Kier molecular flexibility index (Phi) is 5.04. The van der Waals surface area contributed by atoms with Gasteiger partial charge in [-0.05, 0) is 19.3 Å². The highest BCUT2D eigenvalue weighted by atomic mass is 16.5. The largest absolute Gasteiger partial charge is 0.351 e. The number of carbonyl (C=O) groups excluding carboxylic acids is 1. The van der Waals surface area contributed by atoms with E-state index in [9.17, 15) is 4.79 Å². The molecule has 1 aliphatic heterocycles. The van der Waals surface area contributed by atoms with Gasteiger partial charge in [-0.15, -0.1) is 0 Å². The minimum absolute atomic E-state index is 0.0600. The smallest absolute Gasteiger partial charge is 0.221 e. The number of hydrogen-bond donors (Lipinski definition) is 1. The van der Waals surface area contributed by atoms with Crippen LogP contribution in [0.2, 0.25) is 0 Å². The van der Waals surface area contributed by atoms with Crippen molar-refractivity contribution in [2.24, 2.45) is 0 Å². The summed E-state index contributed by atoms with van der Waals surface area (Å²) >= 11 is 0. The van der Waals surface area contributed by atoms with Crippen LogP contribution in [0.4, 0.5) is 0 Å². The third-order valence-corrected chi connectivity index (χ3v) is 4.68. The normalized spacial score (nSPS) is 24.5. The number of carbonyl (C=O) groups is 1. The van der Waals surface area contributed by atoms with Crippen molar-refractivity contribution < 1.29 is 9.53 Å². The Morgan fingerprint density at radius 2 is 2.14 bits per heavy atom. The standard InChI is InChI=1S/C16H27N3O2/c1-5-8-15-19(12(4)20)14(9-13-10-17-11-18-13)16(6-2,7-3)21-15/h10-11,14-15H,5-9H2,1-4H3,(H,17,18)/t14-,15-/m0/s1. The molecule has 21 heavy (non-hydrogen) atoms. The molecule has 1 N–H and O–H groups in total. The lowest BCUT2D eigenvalue weighted by Crippen LogP contribution is -2.48. The van der Waals surface area contributed by atoms with Gasteiger partial charge in [-0.25, -0.2) is 4.98 Å². The van der Waals surface area contributed by atoms with Gasteiger partial charge >= 0.3 is 0 Å². The van der Waals surface area contributed by atoms with E-state index in [2.05, 4.69) is 30.7 Å². The number of rotatable bonds is 6. The molecule has 0 aromatic carbocycles. The van der Waals surface area contributed by atoms with Crippen LogP contribution in [0.3, 0.4) is 0 Å². The van der Waals surface area contributed by atoms with Crippen molar-refractivity contribution in [3.05, 3.63) is 18.2 Å². The first-order valence-corrected chi connectivity index (χ1v) is 8.02. The number of amides is 1. The molecule has 2 rings (SSSR count). The number of ether oxygens (including phenoxy) is 1. The zero-order valence-corrected chi connectivity index (χ0v) is 13.6. The van der Waals surface area contributed by atoms with Gasteiger partial charge in [-0.2, -0.15) is 0 Å². The number of nitrogens with one attached hydrogen (secondary N) is 1. The van der Waals surface area contributed by atoms with Gasteiger partial charge < -0.3 is 14.6 Å². The van der Waals surface area contributed by atoms with Gasteiger partial charge in [-0.3, -0.25) is 4.79 Å². The average molecular weight is 293 g/mol. The molecule has 5 heteroatoms. The molecule has 0 radical (unpaired) electrons. The number of hydrogen-bond acceptors (Lipinski definition) is 3. The average Bonchev–Trinajstić information content (AvgIpc) is 3.06. The fourth-order valence-electron chi connectivity index (χ4n) is 3.50. The van der Waals surface area contributed by atoms with Crippen LogP contribution in [0.1, 0.15) is 59.1 Å². The van der Waals surface area contributed by atoms with E-state index < -0.39 is 0 Å². The van der Waals surface area contributed by atoms with Crippen molar-refractivity contribution in [3.63, 3.8) is 0 Å². The Morgan fingerprint density at radius 3 is 2.62 bits per heavy atom. The topological polar surface area (TPSA) is 58.2 Å². The van der Waals surface area contributed by atoms with Crippen molar-refractivity contribution >= 4 is 5.91 Å². The third-order valence-electron chi connectivity index (χ3n) is 4.68. The van der Waals surface area contributed by atoms with Crippen LogP contribution in [0.5, 0.6) is 0 Å². The Hall–Kier alpha value is -1.36. The molecule has 0 unspecified atom stereocenters. The highest BCUT2D eigenvalue weighted by Gasteiger charge is 2.51. The Bertz CT molecular complexity index is 454. The van der Waals surface area contributed by atoms with E-state index in [0.29, 0.717) is 0 Å². The van der Waals surface area contributed by atoms with E-state index in [0.717, 1.165) is 37.8 Å². The number of imidazole rings is 1. The van der Waals surface area contributed by atoms with Gasteiger partial charge in [0.1, 0.15) is 6.23 Å². The fourth-order valence-corrected chi connectivity index (χ4v) is 3.50. The first-order chi connectivity index (χ1) is 10.1. The third kappa shape index (κ3) is 2.98. The zero-order chi connectivity index (χ0) is 15.5. The Morgan fingerprint density at radius 1 is 1.43 bits per heavy atom.